The van der Waals surface area contributed by atoms with Crippen LogP contribution in [0.2, 0.25) is 0 Å². The van der Waals surface area contributed by atoms with Gasteiger partial charge in [0.15, 0.2) is 0 Å². The maximum Gasteiger partial charge on any atom is 0.269 e. The molecule has 158 valence electrons. The second-order valence-corrected chi connectivity index (χ2v) is 11.4. The molecule has 0 radical (unpaired) electrons. The zero-order chi connectivity index (χ0) is 21.1. The van der Waals surface area contributed by atoms with Gasteiger partial charge in [0.2, 0.25) is 0 Å². The van der Waals surface area contributed by atoms with Crippen LogP contribution in [-0.2, 0) is 15.4 Å². The van der Waals surface area contributed by atoms with E-state index >= 15 is 0 Å². The third-order valence-corrected chi connectivity index (χ3v) is 9.39. The number of nitro benzene ring substituents is 1. The van der Waals surface area contributed by atoms with E-state index in [1.54, 1.807) is 0 Å². The van der Waals surface area contributed by atoms with Crippen LogP contribution in [0.15, 0.2) is 53.4 Å². The zero-order valence-corrected chi connectivity index (χ0v) is 17.8. The number of anilines is 1. The molecule has 4 saturated carbocycles. The average molecular weight is 427 g/mol. The molecule has 0 aromatic heterocycles. The Hall–Kier alpha value is -2.41. The molecule has 4 aliphatic rings. The highest BCUT2D eigenvalue weighted by Gasteiger charge is 2.51. The normalized spacial score (nSPS) is 29.7. The number of nitrogens with zero attached hydrogens (tertiary/aromatic N) is 2. The van der Waals surface area contributed by atoms with Gasteiger partial charge in [-0.2, -0.15) is 0 Å². The van der Waals surface area contributed by atoms with Gasteiger partial charge >= 0.3 is 0 Å². The van der Waals surface area contributed by atoms with Crippen LogP contribution in [0.4, 0.5) is 11.4 Å². The maximum atomic E-state index is 13.0. The Kier molecular flexibility index (Phi) is 4.43. The maximum absolute atomic E-state index is 13.0. The van der Waals surface area contributed by atoms with Crippen molar-refractivity contribution in [2.75, 3.05) is 11.4 Å². The Balaban J connectivity index is 1.39. The van der Waals surface area contributed by atoms with Crippen LogP contribution in [-0.4, -0.2) is 20.4 Å². The molecule has 0 spiro atoms. The first-order valence-electron chi connectivity index (χ1n) is 10.6. The molecule has 2 aromatic carbocycles. The van der Waals surface area contributed by atoms with Gasteiger partial charge in [-0.1, -0.05) is 12.1 Å². The fourth-order valence-electron chi connectivity index (χ4n) is 6.53. The first kappa shape index (κ1) is 19.5. The van der Waals surface area contributed by atoms with E-state index in [1.807, 2.05) is 12.1 Å². The third-order valence-electron chi connectivity index (χ3n) is 7.59. The number of rotatable bonds is 5. The van der Waals surface area contributed by atoms with Gasteiger partial charge in [-0.15, -0.1) is 0 Å². The number of nitro groups is 1. The fraction of sp³-hybridized carbons (Fsp3) is 0.478. The van der Waals surface area contributed by atoms with E-state index in [9.17, 15) is 18.5 Å². The van der Waals surface area contributed by atoms with Gasteiger partial charge in [0.05, 0.1) is 15.5 Å². The van der Waals surface area contributed by atoms with Crippen LogP contribution in [0.3, 0.4) is 0 Å². The first-order valence-corrected chi connectivity index (χ1v) is 12.0. The number of hydrogen-bond acceptors (Lipinski definition) is 4. The molecule has 0 heterocycles. The Morgan fingerprint density at radius 3 is 1.87 bits per heavy atom. The van der Waals surface area contributed by atoms with Gasteiger partial charge in [-0.05, 0) is 91.5 Å². The fourth-order valence-corrected chi connectivity index (χ4v) is 7.72. The number of sulfonamides is 1. The molecular formula is C23H26N2O4S. The Morgan fingerprint density at radius 1 is 0.900 bits per heavy atom. The molecule has 4 bridgehead atoms. The second-order valence-electron chi connectivity index (χ2n) is 9.47. The molecule has 30 heavy (non-hydrogen) atoms. The lowest BCUT2D eigenvalue weighted by Gasteiger charge is -2.57. The van der Waals surface area contributed by atoms with Crippen molar-refractivity contribution < 1.29 is 13.3 Å². The van der Waals surface area contributed by atoms with E-state index in [4.69, 9.17) is 0 Å². The van der Waals surface area contributed by atoms with E-state index in [0.29, 0.717) is 5.69 Å². The minimum atomic E-state index is -3.78. The summed E-state index contributed by atoms with van der Waals surface area (Å²) in [5.41, 5.74) is 2.10. The van der Waals surface area contributed by atoms with E-state index in [-0.39, 0.29) is 16.0 Å². The van der Waals surface area contributed by atoms with Gasteiger partial charge in [-0.3, -0.25) is 14.4 Å². The van der Waals surface area contributed by atoms with Crippen molar-refractivity contribution in [1.82, 2.24) is 0 Å². The molecule has 4 fully saturated rings. The number of non-ortho nitro benzene ring substituents is 1. The van der Waals surface area contributed by atoms with Gasteiger partial charge in [0.25, 0.3) is 15.7 Å². The summed E-state index contributed by atoms with van der Waals surface area (Å²) in [6.45, 7) is 0. The van der Waals surface area contributed by atoms with Crippen molar-refractivity contribution in [2.24, 2.45) is 17.8 Å². The Morgan fingerprint density at radius 2 is 1.40 bits per heavy atom. The van der Waals surface area contributed by atoms with Crippen molar-refractivity contribution >= 4 is 21.4 Å². The van der Waals surface area contributed by atoms with Gasteiger partial charge in [-0.25, -0.2) is 8.42 Å². The summed E-state index contributed by atoms with van der Waals surface area (Å²) in [6.07, 6.45) is 8.01. The predicted molar refractivity (Wildman–Crippen MR) is 115 cm³/mol. The topological polar surface area (TPSA) is 80.5 Å². The Labute approximate surface area is 177 Å². The monoisotopic (exact) mass is 426 g/mol. The zero-order valence-electron chi connectivity index (χ0n) is 17.0. The lowest BCUT2D eigenvalue weighted by molar-refractivity contribution is -0.384. The van der Waals surface area contributed by atoms with E-state index in [1.165, 1.54) is 79.7 Å². The van der Waals surface area contributed by atoms with Crippen LogP contribution in [0.25, 0.3) is 0 Å². The van der Waals surface area contributed by atoms with Crippen molar-refractivity contribution in [3.05, 3.63) is 64.2 Å². The lowest BCUT2D eigenvalue weighted by Crippen LogP contribution is -2.48. The third kappa shape index (κ3) is 3.11. The molecule has 2 aromatic rings. The van der Waals surface area contributed by atoms with Gasteiger partial charge in [0, 0.05) is 19.2 Å². The second kappa shape index (κ2) is 6.80. The van der Waals surface area contributed by atoms with Crippen molar-refractivity contribution in [3.8, 4) is 0 Å². The molecule has 6 rings (SSSR count). The highest BCUT2D eigenvalue weighted by atomic mass is 32.2. The van der Waals surface area contributed by atoms with E-state index in [0.717, 1.165) is 17.8 Å². The van der Waals surface area contributed by atoms with E-state index in [2.05, 4.69) is 12.1 Å². The number of hydrogen-bond donors (Lipinski definition) is 0. The molecule has 0 N–H and O–H groups in total. The molecule has 0 saturated heterocycles. The summed E-state index contributed by atoms with van der Waals surface area (Å²) in [5, 5.41) is 10.8. The minimum absolute atomic E-state index is 0.0424. The Bertz CT molecular complexity index is 1040. The molecule has 0 amide bonds. The van der Waals surface area contributed by atoms with Crippen molar-refractivity contribution in [1.29, 1.82) is 0 Å². The summed E-state index contributed by atoms with van der Waals surface area (Å²) in [6, 6.07) is 13.0. The minimum Gasteiger partial charge on any atom is -0.269 e. The van der Waals surface area contributed by atoms with Crippen LogP contribution in [0.5, 0.6) is 0 Å². The van der Waals surface area contributed by atoms with Gasteiger partial charge < -0.3 is 0 Å². The molecule has 7 heteroatoms. The van der Waals surface area contributed by atoms with Gasteiger partial charge in [0.1, 0.15) is 0 Å². The average Bonchev–Trinajstić information content (AvgIpc) is 2.72. The molecule has 0 aliphatic heterocycles. The summed E-state index contributed by atoms with van der Waals surface area (Å²) in [5.74, 6) is 2.59. The van der Waals surface area contributed by atoms with Crippen LogP contribution >= 0.6 is 0 Å². The van der Waals surface area contributed by atoms with Crippen LogP contribution < -0.4 is 4.31 Å². The summed E-state index contributed by atoms with van der Waals surface area (Å²) >= 11 is 0. The summed E-state index contributed by atoms with van der Waals surface area (Å²) in [7, 11) is -2.26. The molecule has 0 atom stereocenters. The summed E-state index contributed by atoms with van der Waals surface area (Å²) < 4.78 is 27.2. The lowest BCUT2D eigenvalue weighted by atomic mass is 9.48. The quantitative estimate of drug-likeness (QED) is 0.504. The molecule has 4 aliphatic carbocycles. The van der Waals surface area contributed by atoms with Crippen molar-refractivity contribution in [3.63, 3.8) is 0 Å². The first-order chi connectivity index (χ1) is 14.3. The van der Waals surface area contributed by atoms with Crippen LogP contribution in [0.1, 0.15) is 44.1 Å². The molecule has 6 nitrogen and oxygen atoms in total. The number of benzene rings is 2. The largest absolute Gasteiger partial charge is 0.269 e. The van der Waals surface area contributed by atoms with Crippen LogP contribution in [0, 0.1) is 27.9 Å². The summed E-state index contributed by atoms with van der Waals surface area (Å²) in [4.78, 5) is 10.3. The highest BCUT2D eigenvalue weighted by molar-refractivity contribution is 7.92. The smallest absolute Gasteiger partial charge is 0.269 e. The van der Waals surface area contributed by atoms with E-state index < -0.39 is 14.9 Å². The predicted octanol–water partition coefficient (Wildman–Crippen LogP) is 4.89. The molecule has 0 unspecified atom stereocenters. The highest BCUT2D eigenvalue weighted by Crippen LogP contribution is 2.60. The van der Waals surface area contributed by atoms with Crippen molar-refractivity contribution in [2.45, 2.75) is 48.8 Å². The standard InChI is InChI=1S/C23H26N2O4S/c1-24(30(28,29)22-8-6-21(7-9-22)25(26)27)20-4-2-19(3-5-20)23-13-16-10-17(14-23)12-18(11-16)15-23/h2-9,16-18H,10-15H2,1H3. The SMILES string of the molecule is CN(c1ccc(C23CC4CC(CC(C4)C2)C3)cc1)S(=O)(=O)c1ccc([N+](=O)[O-])cc1. The molecular weight excluding hydrogens is 400 g/mol.